The molecule has 5 rings (SSSR count). The van der Waals surface area contributed by atoms with E-state index in [1.54, 1.807) is 24.4 Å². The Morgan fingerprint density at radius 1 is 1.13 bits per heavy atom. The summed E-state index contributed by atoms with van der Waals surface area (Å²) in [6.07, 6.45) is 1.73. The highest BCUT2D eigenvalue weighted by molar-refractivity contribution is 7.80. The largest absolute Gasteiger partial charge is 0.495 e. The van der Waals surface area contributed by atoms with Crippen molar-refractivity contribution in [3.63, 3.8) is 0 Å². The third kappa shape index (κ3) is 5.44. The van der Waals surface area contributed by atoms with Crippen LogP contribution < -0.4 is 20.3 Å². The Balaban J connectivity index is 1.59. The Bertz CT molecular complexity index is 1510. The minimum Gasteiger partial charge on any atom is -0.495 e. The van der Waals surface area contributed by atoms with Crippen molar-refractivity contribution in [2.75, 3.05) is 31.0 Å². The molecule has 2 aromatic carbocycles. The van der Waals surface area contributed by atoms with Gasteiger partial charge in [-0.25, -0.2) is 0 Å². The quantitative estimate of drug-likeness (QED) is 0.230. The lowest BCUT2D eigenvalue weighted by Gasteiger charge is -2.27. The van der Waals surface area contributed by atoms with E-state index in [1.807, 2.05) is 53.4 Å². The predicted octanol–water partition coefficient (Wildman–Crippen LogP) is 6.42. The first-order chi connectivity index (χ1) is 18.9. The third-order valence-corrected chi connectivity index (χ3v) is 7.38. The van der Waals surface area contributed by atoms with E-state index in [-0.39, 0.29) is 18.6 Å². The molecule has 1 fully saturated rings. The van der Waals surface area contributed by atoms with Crippen LogP contribution in [0.15, 0.2) is 77.3 Å². The molecule has 0 saturated carbocycles. The van der Waals surface area contributed by atoms with Gasteiger partial charge in [0.05, 0.1) is 34.6 Å². The number of ether oxygens (including phenoxy) is 2. The normalized spacial score (nSPS) is 16.7. The van der Waals surface area contributed by atoms with Crippen LogP contribution in [0.1, 0.15) is 23.5 Å². The van der Waals surface area contributed by atoms with E-state index in [1.165, 1.54) is 14.2 Å². The van der Waals surface area contributed by atoms with Crippen molar-refractivity contribution in [1.29, 1.82) is 0 Å². The molecule has 39 heavy (non-hydrogen) atoms. The van der Waals surface area contributed by atoms with E-state index in [0.29, 0.717) is 49.4 Å². The third-order valence-electron chi connectivity index (χ3n) is 6.24. The zero-order valence-corrected chi connectivity index (χ0v) is 23.3. The molecule has 200 valence electrons. The first kappa shape index (κ1) is 27.0. The van der Waals surface area contributed by atoms with Gasteiger partial charge in [0.25, 0.3) is 0 Å². The summed E-state index contributed by atoms with van der Waals surface area (Å²) < 4.78 is 16.8. The Morgan fingerprint density at radius 2 is 1.97 bits per heavy atom. The molecule has 0 bridgehead atoms. The van der Waals surface area contributed by atoms with Crippen molar-refractivity contribution in [2.45, 2.75) is 12.1 Å². The lowest BCUT2D eigenvalue weighted by atomic mass is 10.0. The predicted molar refractivity (Wildman–Crippen MR) is 156 cm³/mol. The maximum absolute atomic E-state index is 12.3. The van der Waals surface area contributed by atoms with Crippen LogP contribution in [0.4, 0.5) is 11.4 Å². The van der Waals surface area contributed by atoms with Crippen LogP contribution in [0.2, 0.25) is 10.0 Å². The highest BCUT2D eigenvalue weighted by atomic mass is 35.5. The summed E-state index contributed by atoms with van der Waals surface area (Å²) in [4.78, 5) is 18.8. The van der Waals surface area contributed by atoms with Gasteiger partial charge in [-0.3, -0.25) is 9.78 Å². The molecule has 1 saturated heterocycles. The fraction of sp³-hybridized carbons (Fsp3) is 0.179. The number of rotatable bonds is 8. The number of nitrogens with one attached hydrogen (secondary N) is 2. The SMILES string of the molecule is COCC(=O)Nc1cc(N2C(=S)N[C@H](c3ccccn3)[C@@H]2c2ccc(-c3cccc(Cl)c3Cl)o2)ccc1OC. The molecule has 1 aliphatic rings. The molecule has 0 spiro atoms. The molecule has 0 radical (unpaired) electrons. The summed E-state index contributed by atoms with van der Waals surface area (Å²) >= 11 is 18.5. The smallest absolute Gasteiger partial charge is 0.250 e. The Labute approximate surface area is 240 Å². The number of benzene rings is 2. The first-order valence-electron chi connectivity index (χ1n) is 11.9. The summed E-state index contributed by atoms with van der Waals surface area (Å²) in [5, 5.41) is 7.54. The van der Waals surface area contributed by atoms with E-state index < -0.39 is 6.04 Å². The lowest BCUT2D eigenvalue weighted by Crippen LogP contribution is -2.29. The molecule has 2 aromatic heterocycles. The molecule has 4 aromatic rings. The van der Waals surface area contributed by atoms with Gasteiger partial charge in [0.1, 0.15) is 29.9 Å². The first-order valence-corrected chi connectivity index (χ1v) is 13.1. The van der Waals surface area contributed by atoms with E-state index in [4.69, 9.17) is 49.3 Å². The standard InChI is InChI=1S/C28H24Cl2N4O4S/c1-36-15-24(35)32-20-14-16(9-10-22(20)37-2)34-27(26(33-28(34)39)19-8-3-4-13-31-19)23-12-11-21(38-23)17-6-5-7-18(29)25(17)30/h3-14,26-27H,15H2,1-2H3,(H,32,35)(H,33,39)/t26-,27+/m1/s1. The van der Waals surface area contributed by atoms with Crippen molar-refractivity contribution in [1.82, 2.24) is 10.3 Å². The van der Waals surface area contributed by atoms with Crippen molar-refractivity contribution in [2.24, 2.45) is 0 Å². The van der Waals surface area contributed by atoms with E-state index in [0.717, 1.165) is 5.69 Å². The zero-order chi connectivity index (χ0) is 27.5. The summed E-state index contributed by atoms with van der Waals surface area (Å²) in [5.41, 5.74) is 2.65. The van der Waals surface area contributed by atoms with Gasteiger partial charge in [-0.05, 0) is 66.8 Å². The van der Waals surface area contributed by atoms with Crippen molar-refractivity contribution < 1.29 is 18.7 Å². The Morgan fingerprint density at radius 3 is 2.72 bits per heavy atom. The van der Waals surface area contributed by atoms with Gasteiger partial charge in [-0.15, -0.1) is 0 Å². The van der Waals surface area contributed by atoms with Gasteiger partial charge in [0, 0.05) is 24.6 Å². The van der Waals surface area contributed by atoms with Gasteiger partial charge in [-0.2, -0.15) is 0 Å². The monoisotopic (exact) mass is 582 g/mol. The van der Waals surface area contributed by atoms with Crippen molar-refractivity contribution in [3.05, 3.63) is 94.4 Å². The van der Waals surface area contributed by atoms with Crippen LogP contribution in [0.25, 0.3) is 11.3 Å². The van der Waals surface area contributed by atoms with Gasteiger partial charge in [0.15, 0.2) is 5.11 Å². The fourth-order valence-electron chi connectivity index (χ4n) is 4.53. The van der Waals surface area contributed by atoms with Crippen LogP contribution >= 0.6 is 35.4 Å². The number of nitrogens with zero attached hydrogens (tertiary/aromatic N) is 2. The molecule has 2 atom stereocenters. The number of furan rings is 1. The highest BCUT2D eigenvalue weighted by Gasteiger charge is 2.43. The van der Waals surface area contributed by atoms with Gasteiger partial charge in [0.2, 0.25) is 5.91 Å². The average molecular weight is 583 g/mol. The molecular weight excluding hydrogens is 559 g/mol. The van der Waals surface area contributed by atoms with E-state index in [2.05, 4.69) is 15.6 Å². The number of carbonyl (C=O) groups excluding carboxylic acids is 1. The van der Waals surface area contributed by atoms with Crippen LogP contribution in [-0.2, 0) is 9.53 Å². The number of thiocarbonyl (C=S) groups is 1. The highest BCUT2D eigenvalue weighted by Crippen LogP contribution is 2.45. The number of aromatic nitrogens is 1. The van der Waals surface area contributed by atoms with Crippen LogP contribution in [0.5, 0.6) is 5.75 Å². The zero-order valence-electron chi connectivity index (χ0n) is 21.0. The van der Waals surface area contributed by atoms with Gasteiger partial charge >= 0.3 is 0 Å². The molecule has 0 unspecified atom stereocenters. The number of anilines is 2. The van der Waals surface area contributed by atoms with Gasteiger partial charge in [-0.1, -0.05) is 35.3 Å². The molecule has 2 N–H and O–H groups in total. The van der Waals surface area contributed by atoms with Crippen LogP contribution in [-0.4, -0.2) is 36.8 Å². The van der Waals surface area contributed by atoms with Crippen molar-refractivity contribution in [3.8, 4) is 17.1 Å². The minimum atomic E-state index is -0.421. The molecule has 3 heterocycles. The second-order valence-electron chi connectivity index (χ2n) is 8.67. The Kier molecular flexibility index (Phi) is 8.04. The number of methoxy groups -OCH3 is 2. The summed E-state index contributed by atoms with van der Waals surface area (Å²) in [6, 6.07) is 19.5. The maximum atomic E-state index is 12.3. The maximum Gasteiger partial charge on any atom is 0.250 e. The summed E-state index contributed by atoms with van der Waals surface area (Å²) in [6.45, 7) is -0.0946. The molecule has 8 nitrogen and oxygen atoms in total. The van der Waals surface area contributed by atoms with E-state index in [9.17, 15) is 4.79 Å². The topological polar surface area (TPSA) is 88.9 Å². The number of halogens is 2. The van der Waals surface area contributed by atoms with Crippen molar-refractivity contribution >= 4 is 57.8 Å². The number of pyridine rings is 1. The second kappa shape index (κ2) is 11.6. The van der Waals surface area contributed by atoms with Gasteiger partial charge < -0.3 is 29.4 Å². The average Bonchev–Trinajstić information content (AvgIpc) is 3.55. The van der Waals surface area contributed by atoms with Crippen LogP contribution in [0.3, 0.4) is 0 Å². The summed E-state index contributed by atoms with van der Waals surface area (Å²) in [5.74, 6) is 1.38. The van der Waals surface area contributed by atoms with E-state index >= 15 is 0 Å². The van der Waals surface area contributed by atoms with Crippen LogP contribution in [0, 0.1) is 0 Å². The second-order valence-corrected chi connectivity index (χ2v) is 9.84. The Hall–Kier alpha value is -3.63. The minimum absolute atomic E-state index is 0.0946. The molecule has 1 amide bonds. The lowest BCUT2D eigenvalue weighted by molar-refractivity contribution is -0.119. The number of carbonyl (C=O) groups is 1. The number of hydrogen-bond donors (Lipinski definition) is 2. The molecule has 0 aliphatic carbocycles. The fourth-order valence-corrected chi connectivity index (χ4v) is 5.27. The number of amides is 1. The summed E-state index contributed by atoms with van der Waals surface area (Å²) in [7, 11) is 2.99. The molecular formula is C28H24Cl2N4O4S. The molecule has 1 aliphatic heterocycles. The molecule has 11 heteroatoms. The number of hydrogen-bond acceptors (Lipinski definition) is 6.